The molecule has 0 amide bonds. The lowest BCUT2D eigenvalue weighted by molar-refractivity contribution is 0.222. The molecule has 1 saturated carbocycles. The highest BCUT2D eigenvalue weighted by molar-refractivity contribution is 4.93. The Morgan fingerprint density at radius 1 is 1.40 bits per heavy atom. The Morgan fingerprint density at radius 3 is 3.10 bits per heavy atom. The van der Waals surface area contributed by atoms with Crippen LogP contribution in [0.25, 0.3) is 0 Å². The van der Waals surface area contributed by atoms with Crippen molar-refractivity contribution in [1.29, 1.82) is 0 Å². The molecule has 0 bridgehead atoms. The molecule has 1 unspecified atom stereocenters. The summed E-state index contributed by atoms with van der Waals surface area (Å²) in [5.74, 6) is 1.68. The molecular formula is C8H15NO. The number of hydrogen-bond acceptors (Lipinski definition) is 2. The van der Waals surface area contributed by atoms with E-state index in [1.807, 2.05) is 0 Å². The average molecular weight is 141 g/mol. The van der Waals surface area contributed by atoms with Crippen LogP contribution in [-0.4, -0.2) is 24.3 Å². The smallest absolute Gasteiger partial charge is 0.0587 e. The zero-order chi connectivity index (χ0) is 6.97. The first kappa shape index (κ1) is 6.62. The zero-order valence-corrected chi connectivity index (χ0v) is 6.21. The highest BCUT2D eigenvalue weighted by Gasteiger charge is 2.38. The summed E-state index contributed by atoms with van der Waals surface area (Å²) in [6.45, 7) is 1.48. The maximum absolute atomic E-state index is 8.95. The van der Waals surface area contributed by atoms with E-state index < -0.39 is 0 Å². The van der Waals surface area contributed by atoms with Crippen LogP contribution in [0.4, 0.5) is 0 Å². The van der Waals surface area contributed by atoms with Crippen molar-refractivity contribution in [3.8, 4) is 0 Å². The van der Waals surface area contributed by atoms with Crippen LogP contribution in [0.3, 0.4) is 0 Å². The lowest BCUT2D eigenvalue weighted by atomic mass is 9.95. The summed E-state index contributed by atoms with van der Waals surface area (Å²) < 4.78 is 0. The van der Waals surface area contributed by atoms with E-state index in [4.69, 9.17) is 5.11 Å². The predicted molar refractivity (Wildman–Crippen MR) is 39.7 cm³/mol. The Morgan fingerprint density at radius 2 is 2.30 bits per heavy atom. The largest absolute Gasteiger partial charge is 0.395 e. The topological polar surface area (TPSA) is 32.3 Å². The molecule has 2 heteroatoms. The third-order valence-corrected chi connectivity index (χ3v) is 3.07. The summed E-state index contributed by atoms with van der Waals surface area (Å²) in [5.41, 5.74) is 0. The molecule has 2 rings (SSSR count). The van der Waals surface area contributed by atoms with Crippen LogP contribution in [0.5, 0.6) is 0 Å². The molecule has 0 aromatic heterocycles. The van der Waals surface area contributed by atoms with Crippen molar-refractivity contribution < 1.29 is 5.11 Å². The van der Waals surface area contributed by atoms with Crippen LogP contribution < -0.4 is 5.32 Å². The number of fused-ring (bicyclic) bond motifs is 1. The molecule has 1 aliphatic carbocycles. The summed E-state index contributed by atoms with van der Waals surface area (Å²) in [6.07, 6.45) is 4.10. The molecule has 0 radical (unpaired) electrons. The molecule has 3 atom stereocenters. The molecule has 2 aliphatic rings. The Bertz CT molecular complexity index is 126. The third-order valence-electron chi connectivity index (χ3n) is 3.07. The van der Waals surface area contributed by atoms with Crippen molar-refractivity contribution in [1.82, 2.24) is 5.32 Å². The van der Waals surface area contributed by atoms with E-state index >= 15 is 0 Å². The molecule has 1 saturated heterocycles. The molecule has 2 fully saturated rings. The second-order valence-corrected chi connectivity index (χ2v) is 3.55. The van der Waals surface area contributed by atoms with Crippen LogP contribution in [0.1, 0.15) is 19.3 Å². The lowest BCUT2D eigenvalue weighted by Gasteiger charge is -2.14. The Hall–Kier alpha value is -0.0800. The van der Waals surface area contributed by atoms with Gasteiger partial charge < -0.3 is 10.4 Å². The van der Waals surface area contributed by atoms with Gasteiger partial charge in [0.25, 0.3) is 0 Å². The minimum atomic E-state index is 0.334. The number of nitrogens with one attached hydrogen (secondary N) is 1. The Balaban J connectivity index is 2.01. The normalized spacial score (nSPS) is 45.9. The van der Waals surface area contributed by atoms with E-state index in [-0.39, 0.29) is 0 Å². The molecule has 1 heterocycles. The first-order valence-corrected chi connectivity index (χ1v) is 4.26. The van der Waals surface area contributed by atoms with Crippen molar-refractivity contribution in [2.45, 2.75) is 25.3 Å². The van der Waals surface area contributed by atoms with E-state index in [0.29, 0.717) is 12.6 Å². The molecule has 0 aromatic rings. The van der Waals surface area contributed by atoms with Crippen molar-refractivity contribution in [2.24, 2.45) is 11.8 Å². The minimum absolute atomic E-state index is 0.334. The number of rotatable bonds is 1. The fraction of sp³-hybridized carbons (Fsp3) is 1.00. The molecular weight excluding hydrogens is 126 g/mol. The predicted octanol–water partition coefficient (Wildman–Crippen LogP) is 0.367. The molecule has 58 valence electrons. The lowest BCUT2D eigenvalue weighted by Crippen LogP contribution is -2.30. The molecule has 2 N–H and O–H groups in total. The van der Waals surface area contributed by atoms with Gasteiger partial charge in [0, 0.05) is 6.04 Å². The van der Waals surface area contributed by atoms with Crippen LogP contribution in [0.15, 0.2) is 0 Å². The fourth-order valence-corrected chi connectivity index (χ4v) is 2.50. The van der Waals surface area contributed by atoms with Gasteiger partial charge in [0.1, 0.15) is 0 Å². The summed E-state index contributed by atoms with van der Waals surface area (Å²) >= 11 is 0. The van der Waals surface area contributed by atoms with Gasteiger partial charge >= 0.3 is 0 Å². The van der Waals surface area contributed by atoms with Gasteiger partial charge in [-0.15, -0.1) is 0 Å². The maximum atomic E-state index is 8.95. The monoisotopic (exact) mass is 141 g/mol. The molecule has 2 nitrogen and oxygen atoms in total. The van der Waals surface area contributed by atoms with Gasteiger partial charge in [-0.3, -0.25) is 0 Å². The standard InChI is InChI=1S/C8H15NO/c10-5-8-7-3-1-2-6(7)4-9-8/h6-10H,1-5H2/t6-,7-,8?/m0/s1. The van der Waals surface area contributed by atoms with Gasteiger partial charge in [-0.05, 0) is 31.2 Å². The molecule has 0 spiro atoms. The van der Waals surface area contributed by atoms with Crippen LogP contribution in [0.2, 0.25) is 0 Å². The first-order valence-electron chi connectivity index (χ1n) is 4.26. The van der Waals surface area contributed by atoms with Gasteiger partial charge in [-0.25, -0.2) is 0 Å². The Kier molecular flexibility index (Phi) is 1.66. The molecule has 10 heavy (non-hydrogen) atoms. The van der Waals surface area contributed by atoms with E-state index in [9.17, 15) is 0 Å². The van der Waals surface area contributed by atoms with E-state index in [2.05, 4.69) is 5.32 Å². The van der Waals surface area contributed by atoms with E-state index in [1.54, 1.807) is 0 Å². The van der Waals surface area contributed by atoms with Crippen LogP contribution >= 0.6 is 0 Å². The number of hydrogen-bond donors (Lipinski definition) is 2. The number of aliphatic hydroxyl groups is 1. The quantitative estimate of drug-likeness (QED) is 0.553. The van der Waals surface area contributed by atoms with Gasteiger partial charge in [0.05, 0.1) is 6.61 Å². The summed E-state index contributed by atoms with van der Waals surface area (Å²) in [5, 5.41) is 12.3. The molecule has 1 aliphatic heterocycles. The van der Waals surface area contributed by atoms with Crippen molar-refractivity contribution in [2.75, 3.05) is 13.2 Å². The van der Waals surface area contributed by atoms with Gasteiger partial charge in [0.2, 0.25) is 0 Å². The summed E-state index contributed by atoms with van der Waals surface area (Å²) in [7, 11) is 0. The zero-order valence-electron chi connectivity index (χ0n) is 6.21. The highest BCUT2D eigenvalue weighted by Crippen LogP contribution is 2.37. The number of aliphatic hydroxyl groups excluding tert-OH is 1. The summed E-state index contributed by atoms with van der Waals surface area (Å²) in [6, 6.07) is 0.424. The SMILES string of the molecule is OCC1NC[C@@H]2CCC[C@H]12. The van der Waals surface area contributed by atoms with Crippen molar-refractivity contribution in [3.63, 3.8) is 0 Å². The second kappa shape index (κ2) is 2.51. The molecule has 0 aromatic carbocycles. The van der Waals surface area contributed by atoms with Crippen molar-refractivity contribution in [3.05, 3.63) is 0 Å². The van der Waals surface area contributed by atoms with E-state index in [0.717, 1.165) is 18.4 Å². The van der Waals surface area contributed by atoms with Crippen molar-refractivity contribution >= 4 is 0 Å². The third kappa shape index (κ3) is 0.867. The maximum Gasteiger partial charge on any atom is 0.0587 e. The van der Waals surface area contributed by atoms with Gasteiger partial charge in [0.15, 0.2) is 0 Å². The van der Waals surface area contributed by atoms with Crippen LogP contribution in [0, 0.1) is 11.8 Å². The second-order valence-electron chi connectivity index (χ2n) is 3.55. The average Bonchev–Trinajstić information content (AvgIpc) is 2.44. The minimum Gasteiger partial charge on any atom is -0.395 e. The highest BCUT2D eigenvalue weighted by atomic mass is 16.3. The van der Waals surface area contributed by atoms with E-state index in [1.165, 1.54) is 19.3 Å². The summed E-state index contributed by atoms with van der Waals surface area (Å²) in [4.78, 5) is 0. The fourth-order valence-electron chi connectivity index (χ4n) is 2.50. The Labute approximate surface area is 61.6 Å². The van der Waals surface area contributed by atoms with Gasteiger partial charge in [-0.1, -0.05) is 6.42 Å². The first-order chi connectivity index (χ1) is 4.92. The van der Waals surface area contributed by atoms with Crippen LogP contribution in [-0.2, 0) is 0 Å². The van der Waals surface area contributed by atoms with Gasteiger partial charge in [-0.2, -0.15) is 0 Å².